The zero-order valence-corrected chi connectivity index (χ0v) is 14.8. The van der Waals surface area contributed by atoms with Crippen molar-refractivity contribution in [1.82, 2.24) is 14.8 Å². The molecule has 0 spiro atoms. The molecule has 0 aliphatic carbocycles. The lowest BCUT2D eigenvalue weighted by Gasteiger charge is -2.02. The number of Topliss-reactive ketones (excluding diaryl/α,β-unsaturated/α-hetero) is 1. The van der Waals surface area contributed by atoms with E-state index in [0.717, 1.165) is 0 Å². The molecule has 0 saturated carbocycles. The number of rotatable bonds is 6. The van der Waals surface area contributed by atoms with E-state index in [1.165, 1.54) is 34.2 Å². The minimum absolute atomic E-state index is 0.0385. The Kier molecular flexibility index (Phi) is 5.33. The first kappa shape index (κ1) is 17.7. The van der Waals surface area contributed by atoms with Gasteiger partial charge in [0.25, 0.3) is 5.91 Å². The Morgan fingerprint density at radius 2 is 1.85 bits per heavy atom. The van der Waals surface area contributed by atoms with Crippen molar-refractivity contribution in [3.8, 4) is 0 Å². The van der Waals surface area contributed by atoms with Gasteiger partial charge in [-0.2, -0.15) is 0 Å². The van der Waals surface area contributed by atoms with Crippen LogP contribution in [0.5, 0.6) is 0 Å². The molecular formula is C18H16N4O3S. The molecule has 0 radical (unpaired) electrons. The van der Waals surface area contributed by atoms with Crippen LogP contribution in [0.3, 0.4) is 0 Å². The highest BCUT2D eigenvalue weighted by molar-refractivity contribution is 7.15. The van der Waals surface area contributed by atoms with Gasteiger partial charge in [-0.25, -0.2) is 0 Å². The summed E-state index contributed by atoms with van der Waals surface area (Å²) >= 11 is 1.23. The molecule has 132 valence electrons. The van der Waals surface area contributed by atoms with E-state index >= 15 is 0 Å². The van der Waals surface area contributed by atoms with Crippen LogP contribution < -0.4 is 10.9 Å². The molecule has 0 fully saturated rings. The van der Waals surface area contributed by atoms with Crippen LogP contribution in [0.15, 0.2) is 53.5 Å². The van der Waals surface area contributed by atoms with E-state index in [9.17, 15) is 14.4 Å². The second-order valence-electron chi connectivity index (χ2n) is 5.61. The number of hydrogen-bond donors (Lipinski definition) is 1. The topological polar surface area (TPSA) is 93.9 Å². The van der Waals surface area contributed by atoms with E-state index in [2.05, 4.69) is 15.5 Å². The number of pyridine rings is 1. The Morgan fingerprint density at radius 1 is 1.08 bits per heavy atom. The van der Waals surface area contributed by atoms with Crippen molar-refractivity contribution in [2.75, 3.05) is 5.32 Å². The molecule has 26 heavy (non-hydrogen) atoms. The van der Waals surface area contributed by atoms with Gasteiger partial charge in [0.15, 0.2) is 5.78 Å². The van der Waals surface area contributed by atoms with E-state index in [-0.39, 0.29) is 17.2 Å². The van der Waals surface area contributed by atoms with Gasteiger partial charge in [0.05, 0.1) is 5.56 Å². The van der Waals surface area contributed by atoms with Crippen LogP contribution in [-0.4, -0.2) is 26.5 Å². The maximum atomic E-state index is 12.2. The zero-order chi connectivity index (χ0) is 18.5. The molecule has 7 nitrogen and oxygen atoms in total. The summed E-state index contributed by atoms with van der Waals surface area (Å²) in [5, 5.41) is 11.6. The summed E-state index contributed by atoms with van der Waals surface area (Å²) in [7, 11) is 1.58. The van der Waals surface area contributed by atoms with Gasteiger partial charge >= 0.3 is 0 Å². The standard InChI is InChI=1S/C18H16N4O3S/c1-22-11-13(7-10-16(22)24)17(25)19-18-21-20-15(26-18)9-8-14(23)12-5-3-2-4-6-12/h2-7,10-11H,8-9H2,1H3,(H,19,21,25). The average molecular weight is 368 g/mol. The third kappa shape index (κ3) is 4.28. The zero-order valence-electron chi connectivity index (χ0n) is 14.0. The number of hydrogen-bond acceptors (Lipinski definition) is 6. The second kappa shape index (κ2) is 7.83. The highest BCUT2D eigenvalue weighted by Crippen LogP contribution is 2.18. The first-order valence-corrected chi connectivity index (χ1v) is 8.73. The minimum atomic E-state index is -0.372. The van der Waals surface area contributed by atoms with Gasteiger partial charge in [-0.3, -0.25) is 19.7 Å². The van der Waals surface area contributed by atoms with Crippen molar-refractivity contribution in [2.24, 2.45) is 7.05 Å². The second-order valence-corrected chi connectivity index (χ2v) is 6.67. The van der Waals surface area contributed by atoms with Crippen molar-refractivity contribution in [2.45, 2.75) is 12.8 Å². The number of aromatic nitrogens is 3. The molecule has 0 unspecified atom stereocenters. The van der Waals surface area contributed by atoms with E-state index < -0.39 is 0 Å². The Labute approximate surface area is 153 Å². The highest BCUT2D eigenvalue weighted by atomic mass is 32.1. The van der Waals surface area contributed by atoms with Crippen molar-refractivity contribution < 1.29 is 9.59 Å². The van der Waals surface area contributed by atoms with E-state index in [4.69, 9.17) is 0 Å². The number of aryl methyl sites for hydroxylation is 2. The lowest BCUT2D eigenvalue weighted by molar-refractivity contribution is 0.0981. The van der Waals surface area contributed by atoms with Crippen molar-refractivity contribution >= 4 is 28.2 Å². The Balaban J connectivity index is 1.59. The van der Waals surface area contributed by atoms with Gasteiger partial charge in [0.1, 0.15) is 5.01 Å². The molecule has 2 aromatic heterocycles. The molecule has 3 aromatic rings. The number of carbonyl (C=O) groups is 2. The number of amides is 1. The summed E-state index contributed by atoms with van der Waals surface area (Å²) < 4.78 is 1.33. The summed E-state index contributed by atoms with van der Waals surface area (Å²) in [6.07, 6.45) is 2.24. The molecule has 0 aliphatic heterocycles. The van der Waals surface area contributed by atoms with Gasteiger partial charge in [-0.05, 0) is 6.07 Å². The molecular weight excluding hydrogens is 352 g/mol. The minimum Gasteiger partial charge on any atom is -0.318 e. The smallest absolute Gasteiger partial charge is 0.258 e. The van der Waals surface area contributed by atoms with Gasteiger partial charge in [-0.15, -0.1) is 10.2 Å². The van der Waals surface area contributed by atoms with Crippen molar-refractivity contribution in [1.29, 1.82) is 0 Å². The number of ketones is 1. The quantitative estimate of drug-likeness (QED) is 0.674. The SMILES string of the molecule is Cn1cc(C(=O)Nc2nnc(CCC(=O)c3ccccc3)s2)ccc1=O. The molecule has 1 N–H and O–H groups in total. The Morgan fingerprint density at radius 3 is 2.58 bits per heavy atom. The number of nitrogens with one attached hydrogen (secondary N) is 1. The third-order valence-corrected chi connectivity index (χ3v) is 4.60. The molecule has 3 rings (SSSR count). The van der Waals surface area contributed by atoms with Gasteiger partial charge in [0.2, 0.25) is 10.7 Å². The first-order chi connectivity index (χ1) is 12.5. The summed E-state index contributed by atoms with van der Waals surface area (Å²) in [4.78, 5) is 35.7. The fourth-order valence-corrected chi connectivity index (χ4v) is 3.03. The third-order valence-electron chi connectivity index (χ3n) is 3.70. The summed E-state index contributed by atoms with van der Waals surface area (Å²) in [6, 6.07) is 11.9. The number of nitrogens with zero attached hydrogens (tertiary/aromatic N) is 3. The maximum absolute atomic E-state index is 12.2. The summed E-state index contributed by atoms with van der Waals surface area (Å²) in [5.41, 5.74) is 0.825. The highest BCUT2D eigenvalue weighted by Gasteiger charge is 2.12. The fraction of sp³-hybridized carbons (Fsp3) is 0.167. The number of benzene rings is 1. The Bertz CT molecular complexity index is 995. The van der Waals surface area contributed by atoms with E-state index in [0.29, 0.717) is 34.1 Å². The van der Waals surface area contributed by atoms with Crippen molar-refractivity contribution in [3.63, 3.8) is 0 Å². The molecule has 1 amide bonds. The van der Waals surface area contributed by atoms with Crippen LogP contribution in [0.25, 0.3) is 0 Å². The van der Waals surface area contributed by atoms with E-state index in [1.54, 1.807) is 19.2 Å². The van der Waals surface area contributed by atoms with Crippen LogP contribution in [0.4, 0.5) is 5.13 Å². The molecule has 0 atom stereocenters. The lowest BCUT2D eigenvalue weighted by atomic mass is 10.1. The number of carbonyl (C=O) groups excluding carboxylic acids is 2. The lowest BCUT2D eigenvalue weighted by Crippen LogP contribution is -2.19. The average Bonchev–Trinajstić information content (AvgIpc) is 3.10. The maximum Gasteiger partial charge on any atom is 0.258 e. The predicted octanol–water partition coefficient (Wildman–Crippen LogP) is 2.30. The monoisotopic (exact) mass is 368 g/mol. The first-order valence-electron chi connectivity index (χ1n) is 7.91. The van der Waals surface area contributed by atoms with Crippen LogP contribution in [0.2, 0.25) is 0 Å². The summed E-state index contributed by atoms with van der Waals surface area (Å²) in [5.74, 6) is -0.333. The van der Waals surface area contributed by atoms with Crippen molar-refractivity contribution in [3.05, 3.63) is 75.1 Å². The largest absolute Gasteiger partial charge is 0.318 e. The predicted molar refractivity (Wildman–Crippen MR) is 98.6 cm³/mol. The molecule has 0 aliphatic rings. The normalized spacial score (nSPS) is 10.5. The van der Waals surface area contributed by atoms with Gasteiger partial charge < -0.3 is 4.57 Å². The van der Waals surface area contributed by atoms with Gasteiger partial charge in [0, 0.05) is 37.7 Å². The van der Waals surface area contributed by atoms with Crippen LogP contribution in [0, 0.1) is 0 Å². The number of anilines is 1. The van der Waals surface area contributed by atoms with E-state index in [1.807, 2.05) is 18.2 Å². The van der Waals surface area contributed by atoms with Crippen LogP contribution in [0.1, 0.15) is 32.1 Å². The molecule has 0 bridgehead atoms. The van der Waals surface area contributed by atoms with Crippen LogP contribution in [-0.2, 0) is 13.5 Å². The molecule has 2 heterocycles. The Hall–Kier alpha value is -3.13. The molecule has 1 aromatic carbocycles. The van der Waals surface area contributed by atoms with Gasteiger partial charge in [-0.1, -0.05) is 41.7 Å². The van der Waals surface area contributed by atoms with Crippen LogP contribution >= 0.6 is 11.3 Å². The fourth-order valence-electron chi connectivity index (χ4n) is 2.29. The summed E-state index contributed by atoms with van der Waals surface area (Å²) in [6.45, 7) is 0. The molecule has 8 heteroatoms. The molecule has 0 saturated heterocycles.